The molecule has 1 aliphatic rings. The van der Waals surface area contributed by atoms with Gasteiger partial charge >= 0.3 is 0 Å². The van der Waals surface area contributed by atoms with E-state index in [4.69, 9.17) is 27.9 Å². The maximum atomic E-state index is 12.2. The third-order valence-corrected chi connectivity index (χ3v) is 4.32. The predicted octanol–water partition coefficient (Wildman–Crippen LogP) is 2.60. The summed E-state index contributed by atoms with van der Waals surface area (Å²) in [6.07, 6.45) is 0.239. The van der Waals surface area contributed by atoms with Crippen molar-refractivity contribution in [2.24, 2.45) is 0 Å². The molecule has 0 radical (unpaired) electrons. The van der Waals surface area contributed by atoms with E-state index in [0.29, 0.717) is 42.0 Å². The number of morpholine rings is 1. The highest BCUT2D eigenvalue weighted by Gasteiger charge is 2.21. The van der Waals surface area contributed by atoms with Gasteiger partial charge in [0.1, 0.15) is 0 Å². The van der Waals surface area contributed by atoms with Crippen molar-refractivity contribution in [1.29, 1.82) is 0 Å². The van der Waals surface area contributed by atoms with Gasteiger partial charge in [-0.05, 0) is 12.1 Å². The van der Waals surface area contributed by atoms with Crippen LogP contribution in [0, 0.1) is 0 Å². The van der Waals surface area contributed by atoms with Gasteiger partial charge in [0.2, 0.25) is 11.8 Å². The van der Waals surface area contributed by atoms with E-state index in [9.17, 15) is 9.59 Å². The third kappa shape index (κ3) is 4.12. The maximum Gasteiger partial charge on any atom is 0.224 e. The summed E-state index contributed by atoms with van der Waals surface area (Å²) < 4.78 is 5.22. The second kappa shape index (κ2) is 7.81. The van der Waals surface area contributed by atoms with Crippen LogP contribution in [0.3, 0.4) is 0 Å². The molecule has 0 aromatic heterocycles. The number of hydrogen-bond acceptors (Lipinski definition) is 3. The van der Waals surface area contributed by atoms with Crippen LogP contribution in [0.5, 0.6) is 0 Å². The van der Waals surface area contributed by atoms with E-state index in [1.54, 1.807) is 23.1 Å². The van der Waals surface area contributed by atoms with Crippen molar-refractivity contribution in [3.63, 3.8) is 0 Å². The second-order valence-corrected chi connectivity index (χ2v) is 5.77. The van der Waals surface area contributed by atoms with E-state index in [-0.39, 0.29) is 24.8 Å². The van der Waals surface area contributed by atoms with Crippen molar-refractivity contribution in [3.05, 3.63) is 28.2 Å². The van der Waals surface area contributed by atoms with Gasteiger partial charge in [0.05, 0.1) is 28.9 Å². The molecule has 0 atom stereocenters. The molecule has 0 spiro atoms. The van der Waals surface area contributed by atoms with Crippen LogP contribution in [-0.2, 0) is 14.3 Å². The average Bonchev–Trinajstić information content (AvgIpc) is 2.51. The molecule has 1 aliphatic heterocycles. The van der Waals surface area contributed by atoms with Crippen LogP contribution in [0.2, 0.25) is 10.0 Å². The highest BCUT2D eigenvalue weighted by molar-refractivity contribution is 6.44. The summed E-state index contributed by atoms with van der Waals surface area (Å²) >= 11 is 12.1. The van der Waals surface area contributed by atoms with Crippen LogP contribution >= 0.6 is 23.2 Å². The molecule has 22 heavy (non-hydrogen) atoms. The fourth-order valence-corrected chi connectivity index (χ4v) is 2.72. The Kier molecular flexibility index (Phi) is 6.06. The summed E-state index contributed by atoms with van der Waals surface area (Å²) in [5.41, 5.74) is 0.524. The van der Waals surface area contributed by atoms with E-state index in [1.165, 1.54) is 11.8 Å². The first kappa shape index (κ1) is 17.1. The Morgan fingerprint density at radius 2 is 1.95 bits per heavy atom. The van der Waals surface area contributed by atoms with Gasteiger partial charge in [-0.1, -0.05) is 29.3 Å². The monoisotopic (exact) mass is 344 g/mol. The fraction of sp³-hybridized carbons (Fsp3) is 0.467. The van der Waals surface area contributed by atoms with Gasteiger partial charge < -0.3 is 14.5 Å². The van der Waals surface area contributed by atoms with Gasteiger partial charge in [0.25, 0.3) is 0 Å². The van der Waals surface area contributed by atoms with Crippen LogP contribution in [-0.4, -0.2) is 49.6 Å². The number of benzene rings is 1. The lowest BCUT2D eigenvalue weighted by molar-refractivity contribution is -0.135. The first-order valence-electron chi connectivity index (χ1n) is 7.08. The normalized spacial score (nSPS) is 14.8. The molecular weight excluding hydrogens is 327 g/mol. The Morgan fingerprint density at radius 3 is 2.59 bits per heavy atom. The lowest BCUT2D eigenvalue weighted by atomic mass is 10.2. The van der Waals surface area contributed by atoms with Crippen LogP contribution in [0.1, 0.15) is 13.3 Å². The number of halogens is 2. The minimum atomic E-state index is -0.182. The Labute approximate surface area is 139 Å². The molecule has 120 valence electrons. The first-order chi connectivity index (χ1) is 10.5. The van der Waals surface area contributed by atoms with E-state index in [2.05, 4.69) is 0 Å². The van der Waals surface area contributed by atoms with E-state index in [1.807, 2.05) is 0 Å². The SMILES string of the molecule is CC(=O)N(CCC(=O)N1CCOCC1)c1cccc(Cl)c1Cl. The summed E-state index contributed by atoms with van der Waals surface area (Å²) in [4.78, 5) is 27.3. The number of hydrogen-bond donors (Lipinski definition) is 0. The standard InChI is InChI=1S/C15H18Cl2N2O3/c1-11(20)19(13-4-2-3-12(16)15(13)17)6-5-14(21)18-7-9-22-10-8-18/h2-4H,5-10H2,1H3. The number of nitrogens with zero attached hydrogens (tertiary/aromatic N) is 2. The molecule has 2 rings (SSSR count). The molecule has 7 heteroatoms. The number of carbonyl (C=O) groups is 2. The molecule has 1 aromatic rings. The lowest BCUT2D eigenvalue weighted by Gasteiger charge is -2.28. The van der Waals surface area contributed by atoms with Crippen molar-refractivity contribution in [3.8, 4) is 0 Å². The Balaban J connectivity index is 2.04. The summed E-state index contributed by atoms with van der Waals surface area (Å²) in [5.74, 6) is -0.174. The van der Waals surface area contributed by atoms with Gasteiger partial charge in [-0.3, -0.25) is 9.59 Å². The number of ether oxygens (including phenoxy) is 1. The zero-order valence-electron chi connectivity index (χ0n) is 12.3. The van der Waals surface area contributed by atoms with Crippen LogP contribution in [0.15, 0.2) is 18.2 Å². The zero-order valence-corrected chi connectivity index (χ0v) is 13.9. The summed E-state index contributed by atoms with van der Waals surface area (Å²) in [6.45, 7) is 4.01. The highest BCUT2D eigenvalue weighted by Crippen LogP contribution is 2.32. The van der Waals surface area contributed by atoms with Crippen molar-refractivity contribution in [2.45, 2.75) is 13.3 Å². The molecule has 0 N–H and O–H groups in total. The van der Waals surface area contributed by atoms with Crippen LogP contribution < -0.4 is 4.90 Å². The maximum absolute atomic E-state index is 12.2. The molecular formula is C15H18Cl2N2O3. The molecule has 5 nitrogen and oxygen atoms in total. The smallest absolute Gasteiger partial charge is 0.224 e. The lowest BCUT2D eigenvalue weighted by Crippen LogP contribution is -2.42. The van der Waals surface area contributed by atoms with E-state index < -0.39 is 0 Å². The second-order valence-electron chi connectivity index (χ2n) is 4.99. The fourth-order valence-electron chi connectivity index (χ4n) is 2.33. The van der Waals surface area contributed by atoms with Gasteiger partial charge in [-0.15, -0.1) is 0 Å². The largest absolute Gasteiger partial charge is 0.378 e. The van der Waals surface area contributed by atoms with Crippen molar-refractivity contribution < 1.29 is 14.3 Å². The van der Waals surface area contributed by atoms with Gasteiger partial charge in [0.15, 0.2) is 0 Å². The number of rotatable bonds is 4. The number of anilines is 1. The van der Waals surface area contributed by atoms with E-state index >= 15 is 0 Å². The topological polar surface area (TPSA) is 49.9 Å². The molecule has 0 aliphatic carbocycles. The molecule has 1 saturated heterocycles. The summed E-state index contributed by atoms with van der Waals surface area (Å²) in [5, 5.41) is 0.697. The molecule has 2 amide bonds. The quantitative estimate of drug-likeness (QED) is 0.843. The van der Waals surface area contributed by atoms with Crippen molar-refractivity contribution >= 4 is 40.7 Å². The molecule has 1 fully saturated rings. The van der Waals surface area contributed by atoms with Crippen molar-refractivity contribution in [2.75, 3.05) is 37.7 Å². The van der Waals surface area contributed by atoms with Gasteiger partial charge in [-0.25, -0.2) is 0 Å². The van der Waals surface area contributed by atoms with Gasteiger partial charge in [0, 0.05) is 33.0 Å². The summed E-state index contributed by atoms with van der Waals surface area (Å²) in [6, 6.07) is 5.10. The Morgan fingerprint density at radius 1 is 1.27 bits per heavy atom. The average molecular weight is 345 g/mol. The van der Waals surface area contributed by atoms with Crippen LogP contribution in [0.25, 0.3) is 0 Å². The Hall–Kier alpha value is -1.30. The molecule has 0 unspecified atom stereocenters. The molecule has 0 bridgehead atoms. The number of carbonyl (C=O) groups excluding carboxylic acids is 2. The zero-order chi connectivity index (χ0) is 16.1. The molecule has 1 heterocycles. The molecule has 1 aromatic carbocycles. The minimum Gasteiger partial charge on any atom is -0.378 e. The van der Waals surface area contributed by atoms with Crippen LogP contribution in [0.4, 0.5) is 5.69 Å². The third-order valence-electron chi connectivity index (χ3n) is 3.52. The molecule has 0 saturated carbocycles. The highest BCUT2D eigenvalue weighted by atomic mass is 35.5. The van der Waals surface area contributed by atoms with Gasteiger partial charge in [-0.2, -0.15) is 0 Å². The number of amides is 2. The summed E-state index contributed by atoms with van der Waals surface area (Å²) in [7, 11) is 0. The predicted molar refractivity (Wildman–Crippen MR) is 86.5 cm³/mol. The minimum absolute atomic E-state index is 0.00713. The Bertz CT molecular complexity index is 560. The van der Waals surface area contributed by atoms with Crippen molar-refractivity contribution in [1.82, 2.24) is 4.90 Å². The first-order valence-corrected chi connectivity index (χ1v) is 7.84. The van der Waals surface area contributed by atoms with E-state index in [0.717, 1.165) is 0 Å².